The van der Waals surface area contributed by atoms with Crippen LogP contribution < -0.4 is 5.32 Å². The van der Waals surface area contributed by atoms with Crippen molar-refractivity contribution in [2.75, 3.05) is 20.6 Å². The Morgan fingerprint density at radius 3 is 2.40 bits per heavy atom. The van der Waals surface area contributed by atoms with Gasteiger partial charge in [-0.05, 0) is 33.9 Å². The van der Waals surface area contributed by atoms with Gasteiger partial charge in [0.15, 0.2) is 11.5 Å². The zero-order chi connectivity index (χ0) is 15.3. The molecule has 0 aliphatic heterocycles. The Labute approximate surface area is 120 Å². The molecule has 0 aromatic carbocycles. The number of rotatable bonds is 7. The van der Waals surface area contributed by atoms with Crippen LogP contribution in [-0.2, 0) is 6.61 Å². The van der Waals surface area contributed by atoms with E-state index in [4.69, 9.17) is 9.63 Å². The lowest BCUT2D eigenvalue weighted by Gasteiger charge is -2.38. The largest absolute Gasteiger partial charge is 0.388 e. The van der Waals surface area contributed by atoms with Crippen LogP contribution in [0, 0.1) is 6.92 Å². The number of likely N-dealkylation sites (N-methyl/N-ethyl adjacent to an activating group) is 1. The summed E-state index contributed by atoms with van der Waals surface area (Å²) < 4.78 is 4.93. The first-order chi connectivity index (χ1) is 9.41. The molecular formula is C14H25N3O3. The maximum atomic E-state index is 12.2. The van der Waals surface area contributed by atoms with Crippen LogP contribution in [-0.4, -0.2) is 47.2 Å². The molecule has 1 heterocycles. The van der Waals surface area contributed by atoms with E-state index in [1.807, 2.05) is 14.1 Å². The van der Waals surface area contributed by atoms with Crippen molar-refractivity contribution in [1.82, 2.24) is 15.4 Å². The van der Waals surface area contributed by atoms with Crippen molar-refractivity contribution < 1.29 is 14.4 Å². The summed E-state index contributed by atoms with van der Waals surface area (Å²) in [7, 11) is 4.04. The van der Waals surface area contributed by atoms with Crippen LogP contribution in [0.3, 0.4) is 0 Å². The number of amides is 1. The Hall–Kier alpha value is -1.40. The number of nitrogens with zero attached hydrogens (tertiary/aromatic N) is 2. The molecule has 1 rings (SSSR count). The van der Waals surface area contributed by atoms with E-state index in [0.29, 0.717) is 17.9 Å². The van der Waals surface area contributed by atoms with Gasteiger partial charge in [-0.25, -0.2) is 0 Å². The minimum absolute atomic E-state index is 0.0624. The number of carbonyl (C=O) groups excluding carboxylic acids is 1. The average Bonchev–Trinajstić information content (AvgIpc) is 2.81. The number of hydrogen-bond donors (Lipinski definition) is 2. The number of aliphatic hydroxyl groups excluding tert-OH is 1. The topological polar surface area (TPSA) is 78.6 Å². The van der Waals surface area contributed by atoms with Gasteiger partial charge in [0.2, 0.25) is 0 Å². The van der Waals surface area contributed by atoms with Gasteiger partial charge in [0.25, 0.3) is 5.91 Å². The minimum atomic E-state index is -0.265. The molecule has 0 spiro atoms. The number of aromatic nitrogens is 1. The van der Waals surface area contributed by atoms with Gasteiger partial charge in [-0.2, -0.15) is 0 Å². The molecule has 0 saturated carbocycles. The maximum Gasteiger partial charge on any atom is 0.273 e. The quantitative estimate of drug-likeness (QED) is 0.789. The molecule has 0 atom stereocenters. The van der Waals surface area contributed by atoms with Crippen LogP contribution in [0.1, 0.15) is 48.5 Å². The van der Waals surface area contributed by atoms with Gasteiger partial charge in [-0.3, -0.25) is 4.79 Å². The Balaban J connectivity index is 2.78. The van der Waals surface area contributed by atoms with Gasteiger partial charge in [0.1, 0.15) is 6.61 Å². The summed E-state index contributed by atoms with van der Waals surface area (Å²) in [5.74, 6) is 0.0686. The average molecular weight is 283 g/mol. The normalized spacial score (nSPS) is 11.9. The van der Waals surface area contributed by atoms with E-state index in [-0.39, 0.29) is 23.7 Å². The fourth-order valence-electron chi connectivity index (χ4n) is 2.35. The van der Waals surface area contributed by atoms with Gasteiger partial charge in [-0.1, -0.05) is 19.0 Å². The molecule has 0 saturated heterocycles. The van der Waals surface area contributed by atoms with Gasteiger partial charge in [-0.15, -0.1) is 0 Å². The van der Waals surface area contributed by atoms with Crippen molar-refractivity contribution in [3.8, 4) is 0 Å². The second kappa shape index (κ2) is 6.85. The molecule has 0 unspecified atom stereocenters. The summed E-state index contributed by atoms with van der Waals surface area (Å²) in [6, 6.07) is 0. The molecule has 0 fully saturated rings. The molecule has 0 radical (unpaired) electrons. The zero-order valence-electron chi connectivity index (χ0n) is 13.0. The summed E-state index contributed by atoms with van der Waals surface area (Å²) in [6.07, 6.45) is 1.88. The van der Waals surface area contributed by atoms with E-state index in [0.717, 1.165) is 12.8 Å². The number of nitrogens with one attached hydrogen (secondary N) is 1. The first-order valence-electron chi connectivity index (χ1n) is 6.93. The second-order valence-electron chi connectivity index (χ2n) is 5.25. The lowest BCUT2D eigenvalue weighted by Crippen LogP contribution is -2.52. The molecule has 0 aliphatic carbocycles. The van der Waals surface area contributed by atoms with E-state index in [1.165, 1.54) is 0 Å². The highest BCUT2D eigenvalue weighted by Crippen LogP contribution is 2.20. The van der Waals surface area contributed by atoms with Crippen LogP contribution in [0.15, 0.2) is 4.52 Å². The monoisotopic (exact) mass is 283 g/mol. The van der Waals surface area contributed by atoms with E-state index in [1.54, 1.807) is 6.92 Å². The molecular weight excluding hydrogens is 258 g/mol. The maximum absolute atomic E-state index is 12.2. The molecule has 114 valence electrons. The molecule has 6 heteroatoms. The van der Waals surface area contributed by atoms with Crippen molar-refractivity contribution in [2.45, 2.75) is 45.8 Å². The fraction of sp³-hybridized carbons (Fsp3) is 0.714. The van der Waals surface area contributed by atoms with Crippen LogP contribution in [0.4, 0.5) is 0 Å². The standard InChI is InChI=1S/C14H25N3O3/c1-6-14(7-2,17(4)5)9-15-13(19)12-10(3)11(8-18)20-16-12/h18H,6-9H2,1-5H3,(H,15,19). The number of aliphatic hydroxyl groups is 1. The van der Waals surface area contributed by atoms with Crippen LogP contribution in [0.25, 0.3) is 0 Å². The van der Waals surface area contributed by atoms with Crippen LogP contribution >= 0.6 is 0 Å². The summed E-state index contributed by atoms with van der Waals surface area (Å²) in [4.78, 5) is 14.3. The molecule has 6 nitrogen and oxygen atoms in total. The Morgan fingerprint density at radius 2 is 2.00 bits per heavy atom. The predicted octanol–water partition coefficient (Wildman–Crippen LogP) is 1.33. The smallest absolute Gasteiger partial charge is 0.273 e. The molecule has 20 heavy (non-hydrogen) atoms. The summed E-state index contributed by atoms with van der Waals surface area (Å²) in [5.41, 5.74) is 0.773. The summed E-state index contributed by atoms with van der Waals surface area (Å²) >= 11 is 0. The molecule has 1 aromatic heterocycles. The molecule has 0 aliphatic rings. The lowest BCUT2D eigenvalue weighted by molar-refractivity contribution is 0.0873. The highest BCUT2D eigenvalue weighted by Gasteiger charge is 2.30. The number of hydrogen-bond acceptors (Lipinski definition) is 5. The molecule has 0 bridgehead atoms. The third-order valence-electron chi connectivity index (χ3n) is 4.22. The van der Waals surface area contributed by atoms with Crippen LogP contribution in [0.2, 0.25) is 0 Å². The Bertz CT molecular complexity index is 451. The summed E-state index contributed by atoms with van der Waals surface area (Å²) in [5, 5.41) is 15.7. The summed E-state index contributed by atoms with van der Waals surface area (Å²) in [6.45, 7) is 6.24. The lowest BCUT2D eigenvalue weighted by atomic mass is 9.91. The minimum Gasteiger partial charge on any atom is -0.388 e. The van der Waals surface area contributed by atoms with E-state index < -0.39 is 0 Å². The Kier molecular flexibility index (Phi) is 5.71. The van der Waals surface area contributed by atoms with E-state index >= 15 is 0 Å². The third-order valence-corrected chi connectivity index (χ3v) is 4.22. The van der Waals surface area contributed by atoms with Crippen molar-refractivity contribution in [3.63, 3.8) is 0 Å². The van der Waals surface area contributed by atoms with E-state index in [2.05, 4.69) is 29.2 Å². The van der Waals surface area contributed by atoms with Gasteiger partial charge in [0, 0.05) is 17.6 Å². The molecule has 2 N–H and O–H groups in total. The third kappa shape index (κ3) is 3.19. The van der Waals surface area contributed by atoms with Crippen molar-refractivity contribution >= 4 is 5.91 Å². The van der Waals surface area contributed by atoms with E-state index in [9.17, 15) is 4.79 Å². The van der Waals surface area contributed by atoms with Gasteiger partial charge < -0.3 is 19.8 Å². The van der Waals surface area contributed by atoms with Crippen molar-refractivity contribution in [2.24, 2.45) is 0 Å². The second-order valence-corrected chi connectivity index (χ2v) is 5.25. The van der Waals surface area contributed by atoms with Crippen molar-refractivity contribution in [1.29, 1.82) is 0 Å². The Morgan fingerprint density at radius 1 is 1.40 bits per heavy atom. The molecule has 1 amide bonds. The number of carbonyl (C=O) groups is 1. The van der Waals surface area contributed by atoms with Gasteiger partial charge >= 0.3 is 0 Å². The fourth-order valence-corrected chi connectivity index (χ4v) is 2.35. The first-order valence-corrected chi connectivity index (χ1v) is 6.93. The van der Waals surface area contributed by atoms with Crippen molar-refractivity contribution in [3.05, 3.63) is 17.0 Å². The highest BCUT2D eigenvalue weighted by molar-refractivity contribution is 5.93. The first kappa shape index (κ1) is 16.7. The zero-order valence-corrected chi connectivity index (χ0v) is 13.0. The predicted molar refractivity (Wildman–Crippen MR) is 76.5 cm³/mol. The van der Waals surface area contributed by atoms with Crippen LogP contribution in [0.5, 0.6) is 0 Å². The SMILES string of the molecule is CCC(CC)(CNC(=O)c1noc(CO)c1C)N(C)C. The molecule has 1 aromatic rings. The highest BCUT2D eigenvalue weighted by atomic mass is 16.5. The van der Waals surface area contributed by atoms with Gasteiger partial charge in [0.05, 0.1) is 0 Å².